The molecule has 0 bridgehead atoms. The Hall–Kier alpha value is -6.65. The molecule has 0 aliphatic heterocycles. The third kappa shape index (κ3) is 4.35. The molecule has 2 aromatic heterocycles. The van der Waals surface area contributed by atoms with E-state index in [9.17, 15) is 0 Å². The Bertz CT molecular complexity index is 2820. The van der Waals surface area contributed by atoms with Crippen molar-refractivity contribution >= 4 is 54.1 Å². The van der Waals surface area contributed by atoms with Crippen molar-refractivity contribution < 1.29 is 0 Å². The third-order valence-electron chi connectivity index (χ3n) is 9.58. The SMILES string of the molecule is c1ccc(-c2nc(-c3ccccc3)nc(-c3cccc(-n4c5c6ccccc6ccc5c5c6ccccc6c6ccccc6c54)c3)n2)cc1. The summed E-state index contributed by atoms with van der Waals surface area (Å²) in [6.45, 7) is 0. The Kier molecular flexibility index (Phi) is 6.15. The van der Waals surface area contributed by atoms with Crippen LogP contribution in [0.3, 0.4) is 0 Å². The molecule has 4 nitrogen and oxygen atoms in total. The lowest BCUT2D eigenvalue weighted by molar-refractivity contribution is 1.07. The number of hydrogen-bond donors (Lipinski definition) is 0. The summed E-state index contributed by atoms with van der Waals surface area (Å²) in [5.41, 5.74) is 6.27. The molecule has 0 saturated carbocycles. The number of aromatic nitrogens is 4. The van der Waals surface area contributed by atoms with E-state index in [4.69, 9.17) is 15.0 Å². The Morgan fingerprint density at radius 3 is 1.51 bits per heavy atom. The minimum absolute atomic E-state index is 0.635. The van der Waals surface area contributed by atoms with Crippen LogP contribution >= 0.6 is 0 Å². The van der Waals surface area contributed by atoms with Gasteiger partial charge >= 0.3 is 0 Å². The van der Waals surface area contributed by atoms with Crippen LogP contribution in [0.4, 0.5) is 0 Å². The van der Waals surface area contributed by atoms with Gasteiger partial charge in [-0.25, -0.2) is 15.0 Å². The van der Waals surface area contributed by atoms with E-state index >= 15 is 0 Å². The lowest BCUT2D eigenvalue weighted by Gasteiger charge is -2.14. The van der Waals surface area contributed by atoms with E-state index in [1.165, 1.54) is 54.1 Å². The standard InChI is InChI=1S/C45H28N4/c1-3-15-30(16-4-1)43-46-44(31-17-5-2-6-18-31)48-45(47-43)32-19-13-20-33(28-32)49-41-34-21-8-7-14-29(34)26-27-39(41)40-37-24-11-9-22-35(37)36-23-10-12-25-38(36)42(40)49/h1-28H. The van der Waals surface area contributed by atoms with Gasteiger partial charge in [0.1, 0.15) is 0 Å². The zero-order valence-corrected chi connectivity index (χ0v) is 26.5. The van der Waals surface area contributed by atoms with E-state index in [2.05, 4.69) is 114 Å². The molecule has 0 unspecified atom stereocenters. The van der Waals surface area contributed by atoms with Crippen LogP contribution in [0.15, 0.2) is 170 Å². The van der Waals surface area contributed by atoms with Crippen LogP contribution in [-0.4, -0.2) is 19.5 Å². The lowest BCUT2D eigenvalue weighted by Crippen LogP contribution is -2.01. The summed E-state index contributed by atoms with van der Waals surface area (Å²) in [6.07, 6.45) is 0. The molecule has 0 spiro atoms. The highest BCUT2D eigenvalue weighted by Crippen LogP contribution is 2.44. The summed E-state index contributed by atoms with van der Waals surface area (Å²) < 4.78 is 2.46. The minimum Gasteiger partial charge on any atom is -0.308 e. The van der Waals surface area contributed by atoms with Crippen LogP contribution in [0.2, 0.25) is 0 Å². The van der Waals surface area contributed by atoms with Gasteiger partial charge in [0.05, 0.1) is 11.0 Å². The number of nitrogens with zero attached hydrogens (tertiary/aromatic N) is 4. The number of hydrogen-bond acceptors (Lipinski definition) is 3. The molecule has 0 aliphatic rings. The maximum atomic E-state index is 5.06. The average Bonchev–Trinajstić information content (AvgIpc) is 3.55. The van der Waals surface area contributed by atoms with E-state index < -0.39 is 0 Å². The summed E-state index contributed by atoms with van der Waals surface area (Å²) in [4.78, 5) is 15.0. The largest absolute Gasteiger partial charge is 0.308 e. The fourth-order valence-electron chi connectivity index (χ4n) is 7.42. The quantitative estimate of drug-likeness (QED) is 0.183. The van der Waals surface area contributed by atoms with E-state index in [1.54, 1.807) is 0 Å². The molecule has 2 heterocycles. The van der Waals surface area contributed by atoms with E-state index in [-0.39, 0.29) is 0 Å². The molecule has 0 N–H and O–H groups in total. The fourth-order valence-corrected chi connectivity index (χ4v) is 7.42. The Morgan fingerprint density at radius 2 is 0.837 bits per heavy atom. The van der Waals surface area contributed by atoms with Gasteiger partial charge < -0.3 is 4.57 Å². The van der Waals surface area contributed by atoms with Gasteiger partial charge in [0, 0.05) is 43.9 Å². The van der Waals surface area contributed by atoms with E-state index in [0.29, 0.717) is 17.5 Å². The summed E-state index contributed by atoms with van der Waals surface area (Å²) in [6, 6.07) is 59.7. The van der Waals surface area contributed by atoms with Crippen molar-refractivity contribution in [1.29, 1.82) is 0 Å². The third-order valence-corrected chi connectivity index (χ3v) is 9.58. The maximum Gasteiger partial charge on any atom is 0.164 e. The highest BCUT2D eigenvalue weighted by Gasteiger charge is 2.21. The van der Waals surface area contributed by atoms with Gasteiger partial charge in [-0.1, -0.05) is 158 Å². The number of rotatable bonds is 4. The summed E-state index contributed by atoms with van der Waals surface area (Å²) in [7, 11) is 0. The zero-order valence-electron chi connectivity index (χ0n) is 26.5. The molecule has 0 amide bonds. The monoisotopic (exact) mass is 624 g/mol. The molecular weight excluding hydrogens is 597 g/mol. The van der Waals surface area contributed by atoms with Crippen molar-refractivity contribution in [3.8, 4) is 39.9 Å². The molecule has 10 aromatic rings. The van der Waals surface area contributed by atoms with Crippen LogP contribution in [0.5, 0.6) is 0 Å². The molecule has 4 heteroatoms. The van der Waals surface area contributed by atoms with Crippen LogP contribution in [0.1, 0.15) is 0 Å². The van der Waals surface area contributed by atoms with Crippen LogP contribution in [0, 0.1) is 0 Å². The first-order valence-electron chi connectivity index (χ1n) is 16.5. The molecule has 8 aromatic carbocycles. The molecule has 10 rings (SSSR count). The van der Waals surface area contributed by atoms with Crippen molar-refractivity contribution in [2.45, 2.75) is 0 Å². The van der Waals surface area contributed by atoms with Crippen molar-refractivity contribution in [3.63, 3.8) is 0 Å². The Morgan fingerprint density at radius 1 is 0.327 bits per heavy atom. The van der Waals surface area contributed by atoms with E-state index in [1.807, 2.05) is 60.7 Å². The molecule has 228 valence electrons. The van der Waals surface area contributed by atoms with Gasteiger partial charge in [-0.15, -0.1) is 0 Å². The molecule has 0 fully saturated rings. The summed E-state index contributed by atoms with van der Waals surface area (Å²) >= 11 is 0. The lowest BCUT2D eigenvalue weighted by atomic mass is 9.96. The Balaban J connectivity index is 1.30. The second-order valence-electron chi connectivity index (χ2n) is 12.4. The number of fused-ring (bicyclic) bond motifs is 10. The number of benzene rings is 8. The van der Waals surface area contributed by atoms with Crippen LogP contribution < -0.4 is 0 Å². The summed E-state index contributed by atoms with van der Waals surface area (Å²) in [5.74, 6) is 1.93. The highest BCUT2D eigenvalue weighted by molar-refractivity contribution is 6.34. The van der Waals surface area contributed by atoms with Crippen LogP contribution in [0.25, 0.3) is 94.0 Å². The molecular formula is C45H28N4. The van der Waals surface area contributed by atoms with Crippen molar-refractivity contribution in [2.75, 3.05) is 0 Å². The zero-order chi connectivity index (χ0) is 32.3. The predicted octanol–water partition coefficient (Wildman–Crippen LogP) is 11.4. The molecule has 0 atom stereocenters. The highest BCUT2D eigenvalue weighted by atomic mass is 15.0. The maximum absolute atomic E-state index is 5.06. The van der Waals surface area contributed by atoms with Crippen molar-refractivity contribution in [3.05, 3.63) is 170 Å². The van der Waals surface area contributed by atoms with Gasteiger partial charge in [0.25, 0.3) is 0 Å². The van der Waals surface area contributed by atoms with Crippen LogP contribution in [-0.2, 0) is 0 Å². The first kappa shape index (κ1) is 27.5. The predicted molar refractivity (Wildman–Crippen MR) is 203 cm³/mol. The first-order chi connectivity index (χ1) is 24.3. The van der Waals surface area contributed by atoms with Gasteiger partial charge in [-0.05, 0) is 33.7 Å². The first-order valence-corrected chi connectivity index (χ1v) is 16.5. The van der Waals surface area contributed by atoms with Crippen molar-refractivity contribution in [1.82, 2.24) is 19.5 Å². The minimum atomic E-state index is 0.635. The fraction of sp³-hybridized carbons (Fsp3) is 0. The smallest absolute Gasteiger partial charge is 0.164 e. The van der Waals surface area contributed by atoms with Gasteiger partial charge in [-0.3, -0.25) is 0 Å². The molecule has 0 radical (unpaired) electrons. The second kappa shape index (κ2) is 11.0. The van der Waals surface area contributed by atoms with Gasteiger partial charge in [-0.2, -0.15) is 0 Å². The average molecular weight is 625 g/mol. The normalized spacial score (nSPS) is 11.7. The molecule has 0 saturated heterocycles. The van der Waals surface area contributed by atoms with Gasteiger partial charge in [0.15, 0.2) is 17.5 Å². The van der Waals surface area contributed by atoms with E-state index in [0.717, 1.165) is 22.4 Å². The topological polar surface area (TPSA) is 43.6 Å². The Labute approximate surface area is 282 Å². The summed E-state index contributed by atoms with van der Waals surface area (Å²) in [5, 5.41) is 9.90. The second-order valence-corrected chi connectivity index (χ2v) is 12.4. The molecule has 0 aliphatic carbocycles. The van der Waals surface area contributed by atoms with Gasteiger partial charge in [0.2, 0.25) is 0 Å². The molecule has 49 heavy (non-hydrogen) atoms. The van der Waals surface area contributed by atoms with Crippen molar-refractivity contribution in [2.24, 2.45) is 0 Å².